The lowest BCUT2D eigenvalue weighted by Gasteiger charge is -2.12. The van der Waals surface area contributed by atoms with Crippen LogP contribution in [0, 0.1) is 0 Å². The Balaban J connectivity index is 1.98. The fraction of sp³-hybridized carbons (Fsp3) is 0.188. The molecule has 2 aromatic carbocycles. The first-order valence-corrected chi connectivity index (χ1v) is 10.3. The van der Waals surface area contributed by atoms with Crippen molar-refractivity contribution < 1.29 is 13.2 Å². The van der Waals surface area contributed by atoms with Crippen molar-refractivity contribution in [2.24, 2.45) is 0 Å². The lowest BCUT2D eigenvalue weighted by molar-refractivity contribution is -0.113. The van der Waals surface area contributed by atoms with Crippen molar-refractivity contribution in [3.05, 3.63) is 52.5 Å². The number of benzene rings is 2. The van der Waals surface area contributed by atoms with Crippen LogP contribution in [-0.2, 0) is 14.8 Å². The van der Waals surface area contributed by atoms with Gasteiger partial charge >= 0.3 is 0 Å². The van der Waals surface area contributed by atoms with Crippen LogP contribution >= 0.6 is 35.0 Å². The van der Waals surface area contributed by atoms with Crippen LogP contribution in [0.15, 0.2) is 52.3 Å². The second-order valence-corrected chi connectivity index (χ2v) is 9.24. The van der Waals surface area contributed by atoms with E-state index in [0.717, 1.165) is 9.20 Å². The monoisotopic (exact) mass is 418 g/mol. The number of nitrogens with one attached hydrogen (secondary N) is 1. The largest absolute Gasteiger partial charge is 0.325 e. The number of anilines is 1. The molecule has 0 fully saturated rings. The molecule has 0 aliphatic heterocycles. The van der Waals surface area contributed by atoms with Crippen molar-refractivity contribution in [3.8, 4) is 0 Å². The summed E-state index contributed by atoms with van der Waals surface area (Å²) < 4.78 is 25.1. The Hall–Kier alpha value is -1.25. The van der Waals surface area contributed by atoms with E-state index in [0.29, 0.717) is 15.7 Å². The highest BCUT2D eigenvalue weighted by atomic mass is 35.5. The van der Waals surface area contributed by atoms with Crippen LogP contribution in [-0.4, -0.2) is 38.5 Å². The predicted octanol–water partition coefficient (Wildman–Crippen LogP) is 3.97. The zero-order chi connectivity index (χ0) is 18.6. The lowest BCUT2D eigenvalue weighted by Crippen LogP contribution is -2.22. The number of amides is 1. The number of carbonyl (C=O) groups is 1. The number of sulfonamides is 1. The Labute approximate surface area is 161 Å². The minimum atomic E-state index is -3.49. The number of carbonyl (C=O) groups excluding carboxylic acids is 1. The molecule has 0 spiro atoms. The van der Waals surface area contributed by atoms with Gasteiger partial charge in [-0.15, -0.1) is 11.8 Å². The molecule has 0 atom stereocenters. The van der Waals surface area contributed by atoms with Gasteiger partial charge in [-0.25, -0.2) is 12.7 Å². The van der Waals surface area contributed by atoms with E-state index < -0.39 is 10.0 Å². The first-order chi connectivity index (χ1) is 11.7. The highest BCUT2D eigenvalue weighted by molar-refractivity contribution is 8.00. The molecule has 0 bridgehead atoms. The van der Waals surface area contributed by atoms with E-state index in [1.54, 1.807) is 30.3 Å². The van der Waals surface area contributed by atoms with Crippen molar-refractivity contribution in [1.29, 1.82) is 0 Å². The van der Waals surface area contributed by atoms with Crippen LogP contribution < -0.4 is 5.32 Å². The van der Waals surface area contributed by atoms with Gasteiger partial charge < -0.3 is 5.32 Å². The minimum Gasteiger partial charge on any atom is -0.325 e. The van der Waals surface area contributed by atoms with Crippen LogP contribution in [0.25, 0.3) is 0 Å². The maximum atomic E-state index is 12.0. The van der Waals surface area contributed by atoms with Crippen molar-refractivity contribution in [2.75, 3.05) is 25.2 Å². The molecule has 0 aromatic heterocycles. The molecule has 1 amide bonds. The van der Waals surface area contributed by atoms with Crippen molar-refractivity contribution in [1.82, 2.24) is 4.31 Å². The van der Waals surface area contributed by atoms with Crippen LogP contribution in [0.2, 0.25) is 10.0 Å². The topological polar surface area (TPSA) is 66.5 Å². The molecule has 0 saturated heterocycles. The summed E-state index contributed by atoms with van der Waals surface area (Å²) in [5, 5.41) is 3.78. The maximum absolute atomic E-state index is 12.0. The molecular weight excluding hydrogens is 403 g/mol. The Morgan fingerprint density at radius 2 is 1.76 bits per heavy atom. The normalized spacial score (nSPS) is 11.6. The number of hydrogen-bond acceptors (Lipinski definition) is 4. The standard InChI is InChI=1S/C16H16Cl2N2O3S2/c1-20(2)25(22,23)13-6-4-12(5-7-13)19-16(21)10-24-15-9-11(17)3-8-14(15)18/h3-9H,10H2,1-2H3,(H,19,21). The zero-order valence-electron chi connectivity index (χ0n) is 13.5. The molecule has 0 radical (unpaired) electrons. The molecular formula is C16H16Cl2N2O3S2. The third-order valence-corrected chi connectivity index (χ3v) is 6.73. The molecule has 0 unspecified atom stereocenters. The smallest absolute Gasteiger partial charge is 0.242 e. The number of halogens is 2. The summed E-state index contributed by atoms with van der Waals surface area (Å²) in [6, 6.07) is 11.0. The van der Waals surface area contributed by atoms with Gasteiger partial charge in [0.15, 0.2) is 0 Å². The average Bonchev–Trinajstić information content (AvgIpc) is 2.56. The minimum absolute atomic E-state index is 0.151. The summed E-state index contributed by atoms with van der Waals surface area (Å²) >= 11 is 13.2. The molecule has 0 aliphatic rings. The van der Waals surface area contributed by atoms with Gasteiger partial charge in [-0.3, -0.25) is 4.79 Å². The van der Waals surface area contributed by atoms with Crippen LogP contribution in [0.5, 0.6) is 0 Å². The second kappa shape index (κ2) is 8.42. The van der Waals surface area contributed by atoms with E-state index in [4.69, 9.17) is 23.2 Å². The lowest BCUT2D eigenvalue weighted by atomic mass is 10.3. The molecule has 9 heteroatoms. The van der Waals surface area contributed by atoms with E-state index in [1.807, 2.05) is 0 Å². The van der Waals surface area contributed by atoms with E-state index in [9.17, 15) is 13.2 Å². The van der Waals surface area contributed by atoms with Gasteiger partial charge in [0.1, 0.15) is 0 Å². The summed E-state index contributed by atoms with van der Waals surface area (Å²) in [6.07, 6.45) is 0. The predicted molar refractivity (Wildman–Crippen MR) is 103 cm³/mol. The maximum Gasteiger partial charge on any atom is 0.242 e. The number of hydrogen-bond donors (Lipinski definition) is 1. The summed E-state index contributed by atoms with van der Waals surface area (Å²) in [7, 11) is -0.565. The molecule has 2 aromatic rings. The zero-order valence-corrected chi connectivity index (χ0v) is 16.6. The number of thioether (sulfide) groups is 1. The molecule has 5 nitrogen and oxygen atoms in total. The molecule has 2 rings (SSSR count). The summed E-state index contributed by atoms with van der Waals surface area (Å²) in [5.41, 5.74) is 0.514. The Bertz CT molecular complexity index is 869. The van der Waals surface area contributed by atoms with Gasteiger partial charge in [-0.1, -0.05) is 23.2 Å². The average molecular weight is 419 g/mol. The first kappa shape index (κ1) is 20.1. The third-order valence-electron chi connectivity index (χ3n) is 3.17. The van der Waals surface area contributed by atoms with Gasteiger partial charge in [0.2, 0.25) is 15.9 Å². The van der Waals surface area contributed by atoms with Crippen LogP contribution in [0.4, 0.5) is 5.69 Å². The Morgan fingerprint density at radius 1 is 1.12 bits per heavy atom. The SMILES string of the molecule is CN(C)S(=O)(=O)c1ccc(NC(=O)CSc2cc(Cl)ccc2Cl)cc1. The van der Waals surface area contributed by atoms with Gasteiger partial charge in [0, 0.05) is 29.7 Å². The molecule has 0 saturated carbocycles. The van der Waals surface area contributed by atoms with Crippen LogP contribution in [0.1, 0.15) is 0 Å². The summed E-state index contributed by atoms with van der Waals surface area (Å²) in [5.74, 6) is -0.0816. The fourth-order valence-corrected chi connectivity index (χ4v) is 4.04. The molecule has 25 heavy (non-hydrogen) atoms. The summed E-state index contributed by atoms with van der Waals surface area (Å²) in [4.78, 5) is 12.9. The summed E-state index contributed by atoms with van der Waals surface area (Å²) in [6.45, 7) is 0. The molecule has 1 N–H and O–H groups in total. The van der Waals surface area contributed by atoms with Crippen molar-refractivity contribution in [2.45, 2.75) is 9.79 Å². The van der Waals surface area contributed by atoms with Crippen LogP contribution in [0.3, 0.4) is 0 Å². The van der Waals surface area contributed by atoms with E-state index in [1.165, 1.54) is 38.0 Å². The Kier molecular flexibility index (Phi) is 6.76. The molecule has 0 heterocycles. The first-order valence-electron chi connectivity index (χ1n) is 7.10. The van der Waals surface area contributed by atoms with E-state index >= 15 is 0 Å². The highest BCUT2D eigenvalue weighted by Gasteiger charge is 2.16. The second-order valence-electron chi connectivity index (χ2n) is 5.22. The van der Waals surface area contributed by atoms with E-state index in [-0.39, 0.29) is 16.6 Å². The molecule has 0 aliphatic carbocycles. The Morgan fingerprint density at radius 3 is 2.36 bits per heavy atom. The van der Waals surface area contributed by atoms with Gasteiger partial charge in [0.05, 0.1) is 15.7 Å². The van der Waals surface area contributed by atoms with Gasteiger partial charge in [-0.05, 0) is 42.5 Å². The van der Waals surface area contributed by atoms with Crippen molar-refractivity contribution >= 4 is 56.6 Å². The van der Waals surface area contributed by atoms with Gasteiger partial charge in [0.25, 0.3) is 0 Å². The van der Waals surface area contributed by atoms with Crippen molar-refractivity contribution in [3.63, 3.8) is 0 Å². The number of nitrogens with zero attached hydrogens (tertiary/aromatic N) is 1. The highest BCUT2D eigenvalue weighted by Crippen LogP contribution is 2.29. The molecule has 134 valence electrons. The van der Waals surface area contributed by atoms with Gasteiger partial charge in [-0.2, -0.15) is 0 Å². The number of rotatable bonds is 6. The fourth-order valence-electron chi connectivity index (χ4n) is 1.85. The quantitative estimate of drug-likeness (QED) is 0.720. The van der Waals surface area contributed by atoms with E-state index in [2.05, 4.69) is 5.32 Å². The third kappa shape index (κ3) is 5.36.